The molecule has 21 heavy (non-hydrogen) atoms. The summed E-state index contributed by atoms with van der Waals surface area (Å²) in [5.74, 6) is 1.60. The average molecular weight is 303 g/mol. The number of benzene rings is 1. The third-order valence-corrected chi connectivity index (χ3v) is 4.40. The number of rotatable bonds is 9. The molecule has 1 aromatic carbocycles. The minimum Gasteiger partial charge on any atom is -0.496 e. The first-order valence-electron chi connectivity index (χ1n) is 7.67. The standard InChI is InChI=1S/C18H25NOS/c1-3-9-19-13-16(11-15-8-10-21-14-15)12-17-6-4-5-7-18(17)20-2/h4-8,10,14,16,19H,3,9,11-13H2,1-2H3. The summed E-state index contributed by atoms with van der Waals surface area (Å²) < 4.78 is 5.49. The lowest BCUT2D eigenvalue weighted by Gasteiger charge is -2.19. The van der Waals surface area contributed by atoms with E-state index in [1.807, 2.05) is 6.07 Å². The van der Waals surface area contributed by atoms with E-state index >= 15 is 0 Å². The van der Waals surface area contributed by atoms with Crippen LogP contribution in [0, 0.1) is 5.92 Å². The molecule has 1 atom stereocenters. The lowest BCUT2D eigenvalue weighted by atomic mass is 9.93. The van der Waals surface area contributed by atoms with E-state index in [0.29, 0.717) is 5.92 Å². The number of ether oxygens (including phenoxy) is 1. The summed E-state index contributed by atoms with van der Waals surface area (Å²) in [7, 11) is 1.75. The van der Waals surface area contributed by atoms with E-state index in [-0.39, 0.29) is 0 Å². The maximum atomic E-state index is 5.49. The van der Waals surface area contributed by atoms with Gasteiger partial charge < -0.3 is 10.1 Å². The first-order chi connectivity index (χ1) is 10.3. The molecule has 114 valence electrons. The van der Waals surface area contributed by atoms with Crippen LogP contribution in [0.5, 0.6) is 5.75 Å². The van der Waals surface area contributed by atoms with Crippen LogP contribution in [0.15, 0.2) is 41.1 Å². The normalized spacial score (nSPS) is 12.3. The molecule has 0 saturated carbocycles. The molecule has 0 aliphatic rings. The molecule has 2 rings (SSSR count). The van der Waals surface area contributed by atoms with Gasteiger partial charge in [0.25, 0.3) is 0 Å². The summed E-state index contributed by atoms with van der Waals surface area (Å²) in [4.78, 5) is 0. The first-order valence-corrected chi connectivity index (χ1v) is 8.61. The topological polar surface area (TPSA) is 21.3 Å². The van der Waals surface area contributed by atoms with Crippen molar-refractivity contribution in [3.8, 4) is 5.75 Å². The van der Waals surface area contributed by atoms with Gasteiger partial charge in [0, 0.05) is 0 Å². The van der Waals surface area contributed by atoms with Crippen LogP contribution < -0.4 is 10.1 Å². The van der Waals surface area contributed by atoms with Crippen molar-refractivity contribution in [3.63, 3.8) is 0 Å². The number of hydrogen-bond acceptors (Lipinski definition) is 3. The van der Waals surface area contributed by atoms with Gasteiger partial charge >= 0.3 is 0 Å². The molecule has 0 aliphatic carbocycles. The minimum absolute atomic E-state index is 0.599. The van der Waals surface area contributed by atoms with Crippen LogP contribution in [0.3, 0.4) is 0 Å². The van der Waals surface area contributed by atoms with E-state index in [9.17, 15) is 0 Å². The van der Waals surface area contributed by atoms with Crippen molar-refractivity contribution in [1.82, 2.24) is 5.32 Å². The fourth-order valence-electron chi connectivity index (χ4n) is 2.62. The molecule has 0 aliphatic heterocycles. The molecule has 0 amide bonds. The summed E-state index contributed by atoms with van der Waals surface area (Å²) in [6.45, 7) is 4.36. The highest BCUT2D eigenvalue weighted by atomic mass is 32.1. The van der Waals surface area contributed by atoms with Gasteiger partial charge in [0.05, 0.1) is 7.11 Å². The van der Waals surface area contributed by atoms with Crippen molar-refractivity contribution in [3.05, 3.63) is 52.2 Å². The number of hydrogen-bond donors (Lipinski definition) is 1. The Balaban J connectivity index is 2.03. The predicted molar refractivity (Wildman–Crippen MR) is 91.4 cm³/mol. The monoisotopic (exact) mass is 303 g/mol. The third-order valence-electron chi connectivity index (χ3n) is 3.67. The van der Waals surface area contributed by atoms with Crippen LogP contribution in [-0.4, -0.2) is 20.2 Å². The summed E-state index contributed by atoms with van der Waals surface area (Å²) in [5, 5.41) is 7.99. The molecule has 2 nitrogen and oxygen atoms in total. The van der Waals surface area contributed by atoms with Crippen LogP contribution in [0.1, 0.15) is 24.5 Å². The fraction of sp³-hybridized carbons (Fsp3) is 0.444. The Morgan fingerprint density at radius 1 is 1.19 bits per heavy atom. The number of thiophene rings is 1. The zero-order chi connectivity index (χ0) is 14.9. The second kappa shape index (κ2) is 8.85. The van der Waals surface area contributed by atoms with Crippen LogP contribution in [0.2, 0.25) is 0 Å². The molecule has 1 aromatic heterocycles. The van der Waals surface area contributed by atoms with Gasteiger partial charge in [0.2, 0.25) is 0 Å². The Bertz CT molecular complexity index is 510. The number of methoxy groups -OCH3 is 1. The largest absolute Gasteiger partial charge is 0.496 e. The van der Waals surface area contributed by atoms with Gasteiger partial charge in [-0.2, -0.15) is 11.3 Å². The second-order valence-electron chi connectivity index (χ2n) is 5.42. The van der Waals surface area contributed by atoms with Gasteiger partial charge in [-0.3, -0.25) is 0 Å². The molecule has 2 aromatic rings. The van der Waals surface area contributed by atoms with Crippen molar-refractivity contribution in [2.75, 3.05) is 20.2 Å². The number of nitrogens with one attached hydrogen (secondary N) is 1. The highest BCUT2D eigenvalue weighted by molar-refractivity contribution is 7.07. The highest BCUT2D eigenvalue weighted by Crippen LogP contribution is 2.23. The van der Waals surface area contributed by atoms with Crippen molar-refractivity contribution in [2.24, 2.45) is 5.92 Å². The molecule has 0 saturated heterocycles. The lowest BCUT2D eigenvalue weighted by Crippen LogP contribution is -2.26. The van der Waals surface area contributed by atoms with Crippen molar-refractivity contribution in [1.29, 1.82) is 0 Å². The van der Waals surface area contributed by atoms with E-state index < -0.39 is 0 Å². The van der Waals surface area contributed by atoms with E-state index in [4.69, 9.17) is 4.74 Å². The van der Waals surface area contributed by atoms with E-state index in [2.05, 4.69) is 47.3 Å². The Hall–Kier alpha value is -1.32. The quantitative estimate of drug-likeness (QED) is 0.702. The summed E-state index contributed by atoms with van der Waals surface area (Å²) in [6, 6.07) is 10.6. The molecular weight excluding hydrogens is 278 g/mol. The highest BCUT2D eigenvalue weighted by Gasteiger charge is 2.13. The minimum atomic E-state index is 0.599. The lowest BCUT2D eigenvalue weighted by molar-refractivity contribution is 0.400. The van der Waals surface area contributed by atoms with Crippen molar-refractivity contribution in [2.45, 2.75) is 26.2 Å². The van der Waals surface area contributed by atoms with Gasteiger partial charge in [0.15, 0.2) is 0 Å². The van der Waals surface area contributed by atoms with Gasteiger partial charge in [-0.05, 0) is 72.3 Å². The molecule has 1 unspecified atom stereocenters. The van der Waals surface area contributed by atoms with Gasteiger partial charge in [-0.15, -0.1) is 0 Å². The van der Waals surface area contributed by atoms with Crippen LogP contribution in [0.4, 0.5) is 0 Å². The zero-order valence-electron chi connectivity index (χ0n) is 13.0. The van der Waals surface area contributed by atoms with Gasteiger partial charge in [-0.25, -0.2) is 0 Å². The Labute approximate surface area is 132 Å². The Kier molecular flexibility index (Phi) is 6.77. The predicted octanol–water partition coefficient (Wildman–Crippen LogP) is 4.16. The molecular formula is C18H25NOS. The smallest absolute Gasteiger partial charge is 0.122 e. The molecule has 1 N–H and O–H groups in total. The molecule has 0 radical (unpaired) electrons. The van der Waals surface area contributed by atoms with Crippen LogP contribution >= 0.6 is 11.3 Å². The summed E-state index contributed by atoms with van der Waals surface area (Å²) in [5.41, 5.74) is 2.75. The van der Waals surface area contributed by atoms with Gasteiger partial charge in [-0.1, -0.05) is 25.1 Å². The van der Waals surface area contributed by atoms with Gasteiger partial charge in [0.1, 0.15) is 5.75 Å². The summed E-state index contributed by atoms with van der Waals surface area (Å²) >= 11 is 1.78. The molecule has 0 spiro atoms. The molecule has 3 heteroatoms. The Morgan fingerprint density at radius 3 is 2.76 bits per heavy atom. The van der Waals surface area contributed by atoms with E-state index in [0.717, 1.165) is 31.7 Å². The maximum absolute atomic E-state index is 5.49. The van der Waals surface area contributed by atoms with Crippen LogP contribution in [0.25, 0.3) is 0 Å². The molecule has 0 fully saturated rings. The average Bonchev–Trinajstić information content (AvgIpc) is 3.01. The van der Waals surface area contributed by atoms with Crippen molar-refractivity contribution < 1.29 is 4.74 Å². The summed E-state index contributed by atoms with van der Waals surface area (Å²) in [6.07, 6.45) is 3.36. The van der Waals surface area contributed by atoms with E-state index in [1.165, 1.54) is 17.5 Å². The first kappa shape index (κ1) is 16.1. The second-order valence-corrected chi connectivity index (χ2v) is 6.20. The third kappa shape index (κ3) is 5.18. The Morgan fingerprint density at radius 2 is 2.05 bits per heavy atom. The molecule has 1 heterocycles. The zero-order valence-corrected chi connectivity index (χ0v) is 13.8. The maximum Gasteiger partial charge on any atom is 0.122 e. The van der Waals surface area contributed by atoms with Crippen molar-refractivity contribution >= 4 is 11.3 Å². The van der Waals surface area contributed by atoms with Crippen LogP contribution in [-0.2, 0) is 12.8 Å². The SMILES string of the molecule is CCCNCC(Cc1ccsc1)Cc1ccccc1OC. The molecule has 0 bridgehead atoms. The van der Waals surface area contributed by atoms with E-state index in [1.54, 1.807) is 18.4 Å². The number of para-hydroxylation sites is 1. The fourth-order valence-corrected chi connectivity index (χ4v) is 3.31.